The van der Waals surface area contributed by atoms with E-state index in [-0.39, 0.29) is 5.41 Å². The highest BCUT2D eigenvalue weighted by Crippen LogP contribution is 2.23. The van der Waals surface area contributed by atoms with Gasteiger partial charge in [-0.3, -0.25) is 0 Å². The molecule has 17 heavy (non-hydrogen) atoms. The van der Waals surface area contributed by atoms with Crippen LogP contribution in [0.25, 0.3) is 0 Å². The van der Waals surface area contributed by atoms with Gasteiger partial charge in [-0.2, -0.15) is 0 Å². The highest BCUT2D eigenvalue weighted by molar-refractivity contribution is 9.10. The van der Waals surface area contributed by atoms with Gasteiger partial charge in [0.05, 0.1) is 5.69 Å². The van der Waals surface area contributed by atoms with Crippen LogP contribution in [0.3, 0.4) is 0 Å². The molecule has 0 bridgehead atoms. The number of aromatic nitrogens is 1. The van der Waals surface area contributed by atoms with Crippen LogP contribution in [0.1, 0.15) is 32.4 Å². The highest BCUT2D eigenvalue weighted by atomic mass is 79.9. The van der Waals surface area contributed by atoms with Crippen molar-refractivity contribution in [1.29, 1.82) is 0 Å². The van der Waals surface area contributed by atoms with E-state index >= 15 is 0 Å². The standard InChI is InChI=1S/C13H20BrClN2/c1-10-11(14)5-6-12(17-10)16-9-13(2,3)7-4-8-15/h5-6H,4,7-9H2,1-3H3,(H,16,17). The lowest BCUT2D eigenvalue weighted by Gasteiger charge is -2.25. The lowest BCUT2D eigenvalue weighted by Crippen LogP contribution is -2.23. The van der Waals surface area contributed by atoms with Crippen LogP contribution < -0.4 is 5.32 Å². The number of halogens is 2. The highest BCUT2D eigenvalue weighted by Gasteiger charge is 2.17. The number of anilines is 1. The van der Waals surface area contributed by atoms with Crippen LogP contribution in [0.2, 0.25) is 0 Å². The summed E-state index contributed by atoms with van der Waals surface area (Å²) in [4.78, 5) is 4.47. The number of rotatable bonds is 6. The van der Waals surface area contributed by atoms with Crippen molar-refractivity contribution in [3.8, 4) is 0 Å². The predicted molar refractivity (Wildman–Crippen MR) is 78.9 cm³/mol. The molecule has 0 saturated carbocycles. The lowest BCUT2D eigenvalue weighted by molar-refractivity contribution is 0.355. The van der Waals surface area contributed by atoms with Gasteiger partial charge in [0.15, 0.2) is 0 Å². The maximum Gasteiger partial charge on any atom is 0.126 e. The maximum absolute atomic E-state index is 5.72. The van der Waals surface area contributed by atoms with Gasteiger partial charge in [0.25, 0.3) is 0 Å². The summed E-state index contributed by atoms with van der Waals surface area (Å²) >= 11 is 9.17. The van der Waals surface area contributed by atoms with E-state index in [4.69, 9.17) is 11.6 Å². The Labute approximate surface area is 117 Å². The second kappa shape index (κ2) is 6.60. The van der Waals surface area contributed by atoms with Crippen molar-refractivity contribution in [3.63, 3.8) is 0 Å². The number of alkyl halides is 1. The minimum atomic E-state index is 0.248. The van der Waals surface area contributed by atoms with Crippen molar-refractivity contribution in [3.05, 3.63) is 22.3 Å². The maximum atomic E-state index is 5.72. The molecule has 1 aromatic heterocycles. The molecule has 0 aliphatic carbocycles. The minimum Gasteiger partial charge on any atom is -0.370 e. The number of hydrogen-bond donors (Lipinski definition) is 1. The van der Waals surface area contributed by atoms with Crippen molar-refractivity contribution < 1.29 is 0 Å². The average Bonchev–Trinajstić information content (AvgIpc) is 2.28. The van der Waals surface area contributed by atoms with Gasteiger partial charge >= 0.3 is 0 Å². The molecule has 0 saturated heterocycles. The fraction of sp³-hybridized carbons (Fsp3) is 0.615. The molecule has 1 heterocycles. The molecule has 0 atom stereocenters. The van der Waals surface area contributed by atoms with E-state index in [1.165, 1.54) is 0 Å². The summed E-state index contributed by atoms with van der Waals surface area (Å²) in [6.07, 6.45) is 2.18. The SMILES string of the molecule is Cc1nc(NCC(C)(C)CCCCl)ccc1Br. The van der Waals surface area contributed by atoms with E-state index in [1.54, 1.807) is 0 Å². The molecule has 0 unspecified atom stereocenters. The van der Waals surface area contributed by atoms with Gasteiger partial charge in [-0.1, -0.05) is 13.8 Å². The van der Waals surface area contributed by atoms with E-state index in [1.807, 2.05) is 19.1 Å². The number of hydrogen-bond acceptors (Lipinski definition) is 2. The molecule has 0 spiro atoms. The molecular weight excluding hydrogens is 300 g/mol. The Morgan fingerprint density at radius 1 is 1.41 bits per heavy atom. The predicted octanol–water partition coefficient (Wildman–Crippen LogP) is 4.61. The third kappa shape index (κ3) is 5.26. The van der Waals surface area contributed by atoms with Gasteiger partial charge in [-0.25, -0.2) is 4.98 Å². The van der Waals surface area contributed by atoms with Crippen molar-refractivity contribution in [2.45, 2.75) is 33.6 Å². The topological polar surface area (TPSA) is 24.9 Å². The number of nitrogens with one attached hydrogen (secondary N) is 1. The van der Waals surface area contributed by atoms with Gasteiger partial charge in [-0.05, 0) is 53.2 Å². The van der Waals surface area contributed by atoms with E-state index in [0.717, 1.165) is 41.3 Å². The molecule has 1 N–H and O–H groups in total. The summed E-state index contributed by atoms with van der Waals surface area (Å²) in [5.74, 6) is 1.67. The van der Waals surface area contributed by atoms with Crippen molar-refractivity contribution >= 4 is 33.3 Å². The molecule has 4 heteroatoms. The Morgan fingerprint density at radius 2 is 2.12 bits per heavy atom. The zero-order valence-electron chi connectivity index (χ0n) is 10.7. The van der Waals surface area contributed by atoms with Crippen molar-refractivity contribution in [2.75, 3.05) is 17.7 Å². The molecule has 1 rings (SSSR count). The Hall–Kier alpha value is -0.280. The molecule has 0 aliphatic rings. The van der Waals surface area contributed by atoms with Crippen LogP contribution in [-0.4, -0.2) is 17.4 Å². The fourth-order valence-corrected chi connectivity index (χ4v) is 1.96. The first-order chi connectivity index (χ1) is 7.94. The summed E-state index contributed by atoms with van der Waals surface area (Å²) < 4.78 is 1.05. The van der Waals surface area contributed by atoms with Crippen LogP contribution in [-0.2, 0) is 0 Å². The lowest BCUT2D eigenvalue weighted by atomic mass is 9.88. The molecule has 0 radical (unpaired) electrons. The molecule has 0 aliphatic heterocycles. The monoisotopic (exact) mass is 318 g/mol. The molecule has 2 nitrogen and oxygen atoms in total. The zero-order chi connectivity index (χ0) is 12.9. The first kappa shape index (κ1) is 14.8. The first-order valence-electron chi connectivity index (χ1n) is 5.87. The van der Waals surface area contributed by atoms with Crippen LogP contribution in [0.4, 0.5) is 5.82 Å². The summed E-state index contributed by atoms with van der Waals surface area (Å²) in [5.41, 5.74) is 1.26. The quantitative estimate of drug-likeness (QED) is 0.775. The molecule has 1 aromatic rings. The number of aryl methyl sites for hydroxylation is 1. The van der Waals surface area contributed by atoms with E-state index in [9.17, 15) is 0 Å². The van der Waals surface area contributed by atoms with Gasteiger partial charge in [0.1, 0.15) is 5.82 Å². The van der Waals surface area contributed by atoms with E-state index < -0.39 is 0 Å². The Kier molecular flexibility index (Phi) is 5.74. The number of pyridine rings is 1. The third-order valence-electron chi connectivity index (χ3n) is 2.76. The van der Waals surface area contributed by atoms with Crippen molar-refractivity contribution in [1.82, 2.24) is 4.98 Å². The van der Waals surface area contributed by atoms with Crippen LogP contribution in [0.15, 0.2) is 16.6 Å². The van der Waals surface area contributed by atoms with Crippen LogP contribution in [0.5, 0.6) is 0 Å². The Bertz CT molecular complexity index is 366. The molecule has 0 fully saturated rings. The van der Waals surface area contributed by atoms with Crippen molar-refractivity contribution in [2.24, 2.45) is 5.41 Å². The molecule has 0 aromatic carbocycles. The van der Waals surface area contributed by atoms with Gasteiger partial charge in [0, 0.05) is 16.9 Å². The summed E-state index contributed by atoms with van der Waals surface area (Å²) in [7, 11) is 0. The zero-order valence-corrected chi connectivity index (χ0v) is 13.0. The Balaban J connectivity index is 2.51. The average molecular weight is 320 g/mol. The first-order valence-corrected chi connectivity index (χ1v) is 7.20. The normalized spacial score (nSPS) is 11.6. The minimum absolute atomic E-state index is 0.248. The summed E-state index contributed by atoms with van der Waals surface area (Å²) in [6, 6.07) is 4.02. The van der Waals surface area contributed by atoms with E-state index in [0.29, 0.717) is 0 Å². The van der Waals surface area contributed by atoms with Gasteiger partial charge < -0.3 is 5.32 Å². The fourth-order valence-electron chi connectivity index (χ4n) is 1.61. The second-order valence-corrected chi connectivity index (χ2v) is 6.31. The largest absolute Gasteiger partial charge is 0.370 e. The molecular formula is C13H20BrClN2. The smallest absolute Gasteiger partial charge is 0.126 e. The summed E-state index contributed by atoms with van der Waals surface area (Å²) in [5, 5.41) is 3.39. The molecule has 96 valence electrons. The molecule has 0 amide bonds. The van der Waals surface area contributed by atoms with Crippen LogP contribution in [0, 0.1) is 12.3 Å². The second-order valence-electron chi connectivity index (χ2n) is 5.07. The van der Waals surface area contributed by atoms with Gasteiger partial charge in [0.2, 0.25) is 0 Å². The van der Waals surface area contributed by atoms with Crippen LogP contribution >= 0.6 is 27.5 Å². The number of nitrogens with zero attached hydrogens (tertiary/aromatic N) is 1. The van der Waals surface area contributed by atoms with E-state index in [2.05, 4.69) is 40.1 Å². The summed E-state index contributed by atoms with van der Waals surface area (Å²) in [6.45, 7) is 7.41. The Morgan fingerprint density at radius 3 is 2.71 bits per heavy atom. The third-order valence-corrected chi connectivity index (χ3v) is 3.86. The van der Waals surface area contributed by atoms with Gasteiger partial charge in [-0.15, -0.1) is 11.6 Å².